The van der Waals surface area contributed by atoms with Crippen LogP contribution in [0.2, 0.25) is 0 Å². The first-order chi connectivity index (χ1) is 12.0. The SMILES string of the molecule is CCC(NCC(O)c1ccc2ccccc2c1)c1c(C)nn(C)c1C. The van der Waals surface area contributed by atoms with Crippen LogP contribution in [0.1, 0.15) is 48.0 Å². The average molecular weight is 337 g/mol. The van der Waals surface area contributed by atoms with Gasteiger partial charge in [-0.3, -0.25) is 4.68 Å². The van der Waals surface area contributed by atoms with Crippen LogP contribution in [0.3, 0.4) is 0 Å². The Labute approximate surface area is 149 Å². The van der Waals surface area contributed by atoms with Crippen LogP contribution in [0, 0.1) is 13.8 Å². The highest BCUT2D eigenvalue weighted by atomic mass is 16.3. The minimum Gasteiger partial charge on any atom is -0.387 e. The average Bonchev–Trinajstić information content (AvgIpc) is 2.88. The number of hydrogen-bond donors (Lipinski definition) is 2. The van der Waals surface area contributed by atoms with E-state index >= 15 is 0 Å². The number of aliphatic hydroxyl groups excluding tert-OH is 1. The van der Waals surface area contributed by atoms with Gasteiger partial charge in [0.15, 0.2) is 0 Å². The number of fused-ring (bicyclic) bond motifs is 1. The molecule has 4 nitrogen and oxygen atoms in total. The number of aryl methyl sites for hydroxylation is 2. The van der Waals surface area contributed by atoms with Crippen LogP contribution in [-0.2, 0) is 7.05 Å². The van der Waals surface area contributed by atoms with Gasteiger partial charge in [-0.25, -0.2) is 0 Å². The van der Waals surface area contributed by atoms with Crippen LogP contribution < -0.4 is 5.32 Å². The predicted octanol–water partition coefficient (Wildman–Crippen LogP) is 3.96. The molecule has 2 N–H and O–H groups in total. The highest BCUT2D eigenvalue weighted by molar-refractivity contribution is 5.83. The van der Waals surface area contributed by atoms with Gasteiger partial charge in [0.25, 0.3) is 0 Å². The molecule has 0 bridgehead atoms. The van der Waals surface area contributed by atoms with E-state index in [0.29, 0.717) is 6.54 Å². The number of rotatable bonds is 6. The van der Waals surface area contributed by atoms with Gasteiger partial charge in [-0.2, -0.15) is 5.10 Å². The van der Waals surface area contributed by atoms with Crippen LogP contribution in [0.25, 0.3) is 10.8 Å². The van der Waals surface area contributed by atoms with Crippen LogP contribution >= 0.6 is 0 Å². The number of hydrogen-bond acceptors (Lipinski definition) is 3. The summed E-state index contributed by atoms with van der Waals surface area (Å²) in [6, 6.07) is 14.6. The summed E-state index contributed by atoms with van der Waals surface area (Å²) in [6.07, 6.45) is 0.425. The molecule has 0 fully saturated rings. The van der Waals surface area contributed by atoms with Gasteiger partial charge >= 0.3 is 0 Å². The summed E-state index contributed by atoms with van der Waals surface area (Å²) in [7, 11) is 1.97. The van der Waals surface area contributed by atoms with E-state index in [0.717, 1.165) is 23.1 Å². The Morgan fingerprint density at radius 1 is 1.12 bits per heavy atom. The summed E-state index contributed by atoms with van der Waals surface area (Å²) in [5.41, 5.74) is 4.42. The molecule has 0 aliphatic heterocycles. The zero-order valence-corrected chi connectivity index (χ0v) is 15.5. The van der Waals surface area contributed by atoms with Gasteiger partial charge in [-0.05, 0) is 42.7 Å². The lowest BCUT2D eigenvalue weighted by Gasteiger charge is -2.21. The Hall–Kier alpha value is -2.17. The first-order valence-electron chi connectivity index (χ1n) is 8.91. The Morgan fingerprint density at radius 2 is 1.84 bits per heavy atom. The second kappa shape index (κ2) is 7.38. The Morgan fingerprint density at radius 3 is 2.48 bits per heavy atom. The second-order valence-electron chi connectivity index (χ2n) is 6.70. The van der Waals surface area contributed by atoms with Gasteiger partial charge in [0, 0.05) is 30.9 Å². The fraction of sp³-hybridized carbons (Fsp3) is 0.381. The Bertz CT molecular complexity index is 869. The molecule has 0 aliphatic carbocycles. The number of nitrogens with one attached hydrogen (secondary N) is 1. The number of aromatic nitrogens is 2. The number of benzene rings is 2. The maximum Gasteiger partial charge on any atom is 0.0914 e. The number of nitrogens with zero attached hydrogens (tertiary/aromatic N) is 2. The van der Waals surface area contributed by atoms with Crippen molar-refractivity contribution in [1.29, 1.82) is 0 Å². The van der Waals surface area contributed by atoms with Crippen molar-refractivity contribution in [3.8, 4) is 0 Å². The van der Waals surface area contributed by atoms with Gasteiger partial charge in [-0.15, -0.1) is 0 Å². The molecule has 0 spiro atoms. The first kappa shape index (κ1) is 17.6. The topological polar surface area (TPSA) is 50.1 Å². The van der Waals surface area contributed by atoms with Gasteiger partial charge in [0.1, 0.15) is 0 Å². The third-order valence-electron chi connectivity index (χ3n) is 5.04. The van der Waals surface area contributed by atoms with Gasteiger partial charge in [-0.1, -0.05) is 43.3 Å². The maximum atomic E-state index is 10.6. The van der Waals surface area contributed by atoms with Crippen LogP contribution in [-0.4, -0.2) is 21.4 Å². The van der Waals surface area contributed by atoms with Gasteiger partial charge < -0.3 is 10.4 Å². The third-order valence-corrected chi connectivity index (χ3v) is 5.04. The molecule has 25 heavy (non-hydrogen) atoms. The second-order valence-corrected chi connectivity index (χ2v) is 6.70. The molecule has 4 heteroatoms. The molecule has 2 atom stereocenters. The van der Waals surface area contributed by atoms with E-state index in [4.69, 9.17) is 0 Å². The molecule has 2 unspecified atom stereocenters. The fourth-order valence-electron chi connectivity index (χ4n) is 3.53. The lowest BCUT2D eigenvalue weighted by molar-refractivity contribution is 0.169. The van der Waals surface area contributed by atoms with Crippen molar-refractivity contribution >= 4 is 10.8 Å². The molecule has 0 aliphatic rings. The highest BCUT2D eigenvalue weighted by Crippen LogP contribution is 2.25. The van der Waals surface area contributed by atoms with Gasteiger partial charge in [0.2, 0.25) is 0 Å². The monoisotopic (exact) mass is 337 g/mol. The molecule has 0 amide bonds. The summed E-state index contributed by atoms with van der Waals surface area (Å²) in [5, 5.41) is 21.0. The molecule has 3 aromatic rings. The van der Waals surface area contributed by atoms with E-state index in [-0.39, 0.29) is 6.04 Å². The van der Waals surface area contributed by atoms with Crippen molar-refractivity contribution in [3.63, 3.8) is 0 Å². The zero-order valence-electron chi connectivity index (χ0n) is 15.5. The molecule has 3 rings (SSSR count). The molecular weight excluding hydrogens is 310 g/mol. The molecule has 2 aromatic carbocycles. The highest BCUT2D eigenvalue weighted by Gasteiger charge is 2.19. The molecule has 1 aromatic heterocycles. The fourth-order valence-corrected chi connectivity index (χ4v) is 3.53. The van der Waals surface area contributed by atoms with Gasteiger partial charge in [0.05, 0.1) is 11.8 Å². The quantitative estimate of drug-likeness (QED) is 0.716. The zero-order chi connectivity index (χ0) is 18.0. The summed E-state index contributed by atoms with van der Waals surface area (Å²) in [5.74, 6) is 0. The van der Waals surface area contributed by atoms with Crippen LogP contribution in [0.15, 0.2) is 42.5 Å². The Kier molecular flexibility index (Phi) is 5.21. The van der Waals surface area contributed by atoms with E-state index in [2.05, 4.69) is 48.5 Å². The van der Waals surface area contributed by atoms with E-state index in [1.165, 1.54) is 16.6 Å². The summed E-state index contributed by atoms with van der Waals surface area (Å²) in [4.78, 5) is 0. The third kappa shape index (κ3) is 3.60. The molecule has 1 heterocycles. The standard InChI is InChI=1S/C21H27N3O/c1-5-19(21-14(2)23-24(4)15(21)3)22-13-20(25)18-11-10-16-8-6-7-9-17(16)12-18/h6-12,19-20,22,25H,5,13H2,1-4H3. The normalized spacial score (nSPS) is 14.0. The predicted molar refractivity (Wildman–Crippen MR) is 103 cm³/mol. The van der Waals surface area contributed by atoms with Crippen molar-refractivity contribution in [2.24, 2.45) is 7.05 Å². The lowest BCUT2D eigenvalue weighted by Crippen LogP contribution is -2.27. The van der Waals surface area contributed by atoms with E-state index < -0.39 is 6.10 Å². The Balaban J connectivity index is 1.74. The molecule has 0 saturated carbocycles. The summed E-state index contributed by atoms with van der Waals surface area (Å²) in [6.45, 7) is 6.82. The molecule has 0 saturated heterocycles. The van der Waals surface area contributed by atoms with E-state index in [1.54, 1.807) is 0 Å². The van der Waals surface area contributed by atoms with Crippen molar-refractivity contribution in [2.75, 3.05) is 6.54 Å². The van der Waals surface area contributed by atoms with Crippen molar-refractivity contribution in [3.05, 3.63) is 65.0 Å². The smallest absolute Gasteiger partial charge is 0.0914 e. The van der Waals surface area contributed by atoms with Crippen LogP contribution in [0.4, 0.5) is 0 Å². The summed E-state index contributed by atoms with van der Waals surface area (Å²) < 4.78 is 1.93. The van der Waals surface area contributed by atoms with E-state index in [1.807, 2.05) is 36.9 Å². The van der Waals surface area contributed by atoms with Crippen LogP contribution in [0.5, 0.6) is 0 Å². The van der Waals surface area contributed by atoms with E-state index in [9.17, 15) is 5.11 Å². The number of aliphatic hydroxyl groups is 1. The van der Waals surface area contributed by atoms with Crippen molar-refractivity contribution < 1.29 is 5.11 Å². The minimum atomic E-state index is -0.532. The van der Waals surface area contributed by atoms with Crippen molar-refractivity contribution in [2.45, 2.75) is 39.3 Å². The largest absolute Gasteiger partial charge is 0.387 e. The molecule has 0 radical (unpaired) electrons. The molecule has 132 valence electrons. The van der Waals surface area contributed by atoms with Crippen molar-refractivity contribution in [1.82, 2.24) is 15.1 Å². The maximum absolute atomic E-state index is 10.6. The lowest BCUT2D eigenvalue weighted by atomic mass is 10.0. The molecular formula is C21H27N3O. The minimum absolute atomic E-state index is 0.198. The summed E-state index contributed by atoms with van der Waals surface area (Å²) >= 11 is 0. The first-order valence-corrected chi connectivity index (χ1v) is 8.91.